The molecule has 1 N–H and O–H groups in total. The van der Waals surface area contributed by atoms with E-state index in [4.69, 9.17) is 9.84 Å². The molecule has 0 saturated heterocycles. The van der Waals surface area contributed by atoms with Crippen LogP contribution in [-0.4, -0.2) is 37.1 Å². The molecule has 0 unspecified atom stereocenters. The molecule has 7 heteroatoms. The number of rotatable bonds is 6. The van der Waals surface area contributed by atoms with Gasteiger partial charge in [-0.1, -0.05) is 0 Å². The van der Waals surface area contributed by atoms with Gasteiger partial charge >= 0.3 is 5.97 Å². The van der Waals surface area contributed by atoms with E-state index in [1.54, 1.807) is 19.9 Å². The first-order valence-electron chi connectivity index (χ1n) is 5.61. The second-order valence-corrected chi connectivity index (χ2v) is 7.75. The molecule has 0 fully saturated rings. The van der Waals surface area contributed by atoms with Crippen LogP contribution in [0.5, 0.6) is 5.75 Å². The lowest BCUT2D eigenvalue weighted by atomic mass is 10.2. The zero-order valence-corrected chi connectivity index (χ0v) is 13.0. The van der Waals surface area contributed by atoms with Crippen molar-refractivity contribution in [3.8, 4) is 5.75 Å². The van der Waals surface area contributed by atoms with Gasteiger partial charge in [0.15, 0.2) is 9.84 Å². The zero-order chi connectivity index (χ0) is 14.6. The number of halogens is 1. The summed E-state index contributed by atoms with van der Waals surface area (Å²) in [5.74, 6) is -0.847. The van der Waals surface area contributed by atoms with Crippen LogP contribution in [-0.2, 0) is 9.84 Å². The van der Waals surface area contributed by atoms with Gasteiger partial charge in [-0.05, 0) is 48.0 Å². The minimum absolute atomic E-state index is 0.0117. The van der Waals surface area contributed by atoms with Crippen molar-refractivity contribution in [2.75, 3.05) is 12.4 Å². The molecule has 19 heavy (non-hydrogen) atoms. The summed E-state index contributed by atoms with van der Waals surface area (Å²) < 4.78 is 29.1. The van der Waals surface area contributed by atoms with Crippen LogP contribution in [0, 0.1) is 0 Å². The highest BCUT2D eigenvalue weighted by Gasteiger charge is 2.16. The van der Waals surface area contributed by atoms with Crippen molar-refractivity contribution in [2.24, 2.45) is 0 Å². The lowest BCUT2D eigenvalue weighted by Crippen LogP contribution is -2.22. The Bertz CT molecular complexity index is 565. The molecule has 0 aromatic heterocycles. The van der Waals surface area contributed by atoms with E-state index in [-0.39, 0.29) is 17.9 Å². The number of carbonyl (C=O) groups is 1. The molecule has 0 radical (unpaired) electrons. The number of carboxylic acids is 1. The number of carboxylic acid groups (broad SMARTS) is 1. The van der Waals surface area contributed by atoms with Crippen LogP contribution in [0.25, 0.3) is 0 Å². The average molecular weight is 351 g/mol. The minimum atomic E-state index is -3.16. The maximum atomic E-state index is 11.6. The van der Waals surface area contributed by atoms with Crippen molar-refractivity contribution in [1.29, 1.82) is 0 Å². The molecule has 106 valence electrons. The van der Waals surface area contributed by atoms with Crippen molar-refractivity contribution in [3.63, 3.8) is 0 Å². The largest absolute Gasteiger partial charge is 0.491 e. The third kappa shape index (κ3) is 4.50. The number of ether oxygens (including phenoxy) is 1. The lowest BCUT2D eigenvalue weighted by Gasteiger charge is -2.11. The van der Waals surface area contributed by atoms with Gasteiger partial charge in [-0.3, -0.25) is 0 Å². The second kappa shape index (κ2) is 6.38. The molecule has 0 aliphatic heterocycles. The first kappa shape index (κ1) is 16.0. The topological polar surface area (TPSA) is 80.7 Å². The molecular weight excluding hydrogens is 336 g/mol. The summed E-state index contributed by atoms with van der Waals surface area (Å²) in [4.78, 5) is 10.8. The molecule has 0 aliphatic rings. The molecule has 0 spiro atoms. The predicted molar refractivity (Wildman–Crippen MR) is 75.5 cm³/mol. The number of sulfone groups is 1. The highest BCUT2D eigenvalue weighted by molar-refractivity contribution is 9.10. The highest BCUT2D eigenvalue weighted by atomic mass is 79.9. The minimum Gasteiger partial charge on any atom is -0.491 e. The molecule has 0 saturated carbocycles. The number of benzene rings is 1. The van der Waals surface area contributed by atoms with E-state index in [1.165, 1.54) is 12.1 Å². The fourth-order valence-electron chi connectivity index (χ4n) is 1.25. The summed E-state index contributed by atoms with van der Waals surface area (Å²) in [6.45, 7) is 3.20. The second-order valence-electron chi connectivity index (χ2n) is 4.21. The summed E-state index contributed by atoms with van der Waals surface area (Å²) in [7, 11) is -3.16. The molecule has 1 rings (SSSR count). The van der Waals surface area contributed by atoms with Crippen LogP contribution in [0.2, 0.25) is 0 Å². The summed E-state index contributed by atoms with van der Waals surface area (Å²) in [5.41, 5.74) is 0.0879. The smallest absolute Gasteiger partial charge is 0.335 e. The Hall–Kier alpha value is -1.08. The number of aromatic carboxylic acids is 1. The van der Waals surface area contributed by atoms with Gasteiger partial charge in [-0.2, -0.15) is 0 Å². The third-order valence-corrected chi connectivity index (χ3v) is 5.35. The van der Waals surface area contributed by atoms with Crippen molar-refractivity contribution >= 4 is 31.7 Å². The standard InChI is InChI=1S/C12H15BrO5S/c1-8(2)19(16,17)6-5-18-11-7-9(12(14)15)3-4-10(11)13/h3-4,7-8H,5-6H2,1-2H3,(H,14,15). The Balaban J connectivity index is 2.73. The normalized spacial score (nSPS) is 11.6. The van der Waals surface area contributed by atoms with Gasteiger partial charge in [0.05, 0.1) is 21.0 Å². The van der Waals surface area contributed by atoms with Crippen LogP contribution in [0.3, 0.4) is 0 Å². The molecule has 1 aromatic rings. The SMILES string of the molecule is CC(C)S(=O)(=O)CCOc1cc(C(=O)O)ccc1Br. The summed E-state index contributed by atoms with van der Waals surface area (Å²) >= 11 is 3.22. The molecule has 5 nitrogen and oxygen atoms in total. The van der Waals surface area contributed by atoms with Crippen molar-refractivity contribution in [3.05, 3.63) is 28.2 Å². The summed E-state index contributed by atoms with van der Waals surface area (Å²) in [5, 5.41) is 8.41. The van der Waals surface area contributed by atoms with Gasteiger partial charge in [0.2, 0.25) is 0 Å². The van der Waals surface area contributed by atoms with Gasteiger partial charge in [0.25, 0.3) is 0 Å². The molecule has 1 aromatic carbocycles. The molecule has 0 aliphatic carbocycles. The molecule has 0 atom stereocenters. The zero-order valence-electron chi connectivity index (χ0n) is 10.6. The molecule has 0 heterocycles. The molecular formula is C12H15BrO5S. The van der Waals surface area contributed by atoms with Gasteiger partial charge in [0.1, 0.15) is 12.4 Å². The fourth-order valence-corrected chi connectivity index (χ4v) is 2.40. The van der Waals surface area contributed by atoms with Gasteiger partial charge in [-0.15, -0.1) is 0 Å². The van der Waals surface area contributed by atoms with Crippen LogP contribution >= 0.6 is 15.9 Å². The monoisotopic (exact) mass is 350 g/mol. The van der Waals surface area contributed by atoms with Crippen LogP contribution in [0.4, 0.5) is 0 Å². The quantitative estimate of drug-likeness (QED) is 0.851. The van der Waals surface area contributed by atoms with Crippen molar-refractivity contribution < 1.29 is 23.1 Å². The molecule has 0 bridgehead atoms. The summed E-state index contributed by atoms with van der Waals surface area (Å²) in [6, 6.07) is 4.34. The van der Waals surface area contributed by atoms with E-state index in [2.05, 4.69) is 15.9 Å². The van der Waals surface area contributed by atoms with E-state index in [1.807, 2.05) is 0 Å². The van der Waals surface area contributed by atoms with Crippen molar-refractivity contribution in [1.82, 2.24) is 0 Å². The Labute approximate surface area is 120 Å². The van der Waals surface area contributed by atoms with Crippen LogP contribution in [0.15, 0.2) is 22.7 Å². The highest BCUT2D eigenvalue weighted by Crippen LogP contribution is 2.26. The first-order chi connectivity index (χ1) is 8.74. The Morgan fingerprint density at radius 3 is 2.58 bits per heavy atom. The average Bonchev–Trinajstić information content (AvgIpc) is 2.30. The van der Waals surface area contributed by atoms with E-state index in [0.29, 0.717) is 10.2 Å². The predicted octanol–water partition coefficient (Wildman–Crippen LogP) is 2.35. The first-order valence-corrected chi connectivity index (χ1v) is 8.12. The molecule has 0 amide bonds. The maximum Gasteiger partial charge on any atom is 0.335 e. The van der Waals surface area contributed by atoms with Gasteiger partial charge < -0.3 is 9.84 Å². The van der Waals surface area contributed by atoms with Gasteiger partial charge in [-0.25, -0.2) is 13.2 Å². The van der Waals surface area contributed by atoms with Crippen LogP contribution in [0.1, 0.15) is 24.2 Å². The Morgan fingerprint density at radius 1 is 1.42 bits per heavy atom. The van der Waals surface area contributed by atoms with E-state index in [0.717, 1.165) is 0 Å². The van der Waals surface area contributed by atoms with E-state index < -0.39 is 21.1 Å². The van der Waals surface area contributed by atoms with Crippen LogP contribution < -0.4 is 4.74 Å². The van der Waals surface area contributed by atoms with Crippen molar-refractivity contribution in [2.45, 2.75) is 19.1 Å². The number of hydrogen-bond acceptors (Lipinski definition) is 4. The van der Waals surface area contributed by atoms with E-state index >= 15 is 0 Å². The fraction of sp³-hybridized carbons (Fsp3) is 0.417. The Morgan fingerprint density at radius 2 is 2.05 bits per heavy atom. The Kier molecular flexibility index (Phi) is 5.37. The van der Waals surface area contributed by atoms with E-state index in [9.17, 15) is 13.2 Å². The summed E-state index contributed by atoms with van der Waals surface area (Å²) in [6.07, 6.45) is 0. The number of hydrogen-bond donors (Lipinski definition) is 1. The van der Waals surface area contributed by atoms with Gasteiger partial charge in [0, 0.05) is 0 Å². The lowest BCUT2D eigenvalue weighted by molar-refractivity contribution is 0.0696. The third-order valence-electron chi connectivity index (χ3n) is 2.52. The maximum absolute atomic E-state index is 11.6.